The summed E-state index contributed by atoms with van der Waals surface area (Å²) in [4.78, 5) is 23.2. The minimum atomic E-state index is -0.525. The van der Waals surface area contributed by atoms with E-state index in [1.165, 1.54) is 7.11 Å². The van der Waals surface area contributed by atoms with Crippen molar-refractivity contribution in [3.63, 3.8) is 0 Å². The van der Waals surface area contributed by atoms with Crippen LogP contribution in [0.1, 0.15) is 6.92 Å². The Labute approximate surface area is 110 Å². The average molecular weight is 270 g/mol. The summed E-state index contributed by atoms with van der Waals surface area (Å²) in [6.45, 7) is 2.56. The van der Waals surface area contributed by atoms with Gasteiger partial charge in [0.25, 0.3) is 0 Å². The van der Waals surface area contributed by atoms with Crippen molar-refractivity contribution in [1.82, 2.24) is 20.3 Å². The number of ether oxygens (including phenoxy) is 2. The molecule has 9 heteroatoms. The van der Waals surface area contributed by atoms with E-state index in [-0.39, 0.29) is 23.8 Å². The first-order valence-corrected chi connectivity index (χ1v) is 5.65. The molecule has 0 aliphatic rings. The van der Waals surface area contributed by atoms with E-state index in [9.17, 15) is 4.79 Å². The molecule has 0 aromatic carbocycles. The molecule has 0 fully saturated rings. The zero-order valence-electron chi connectivity index (χ0n) is 11.1. The monoisotopic (exact) mass is 270 g/mol. The summed E-state index contributed by atoms with van der Waals surface area (Å²) in [6.07, 6.45) is 0. The Kier molecular flexibility index (Phi) is 5.73. The number of aromatic nitrogens is 3. The number of methoxy groups -OCH3 is 2. The van der Waals surface area contributed by atoms with Crippen molar-refractivity contribution in [2.75, 3.05) is 38.4 Å². The van der Waals surface area contributed by atoms with Crippen LogP contribution in [0.2, 0.25) is 0 Å². The Morgan fingerprint density at radius 1 is 1.37 bits per heavy atom. The van der Waals surface area contributed by atoms with Gasteiger partial charge in [-0.3, -0.25) is 4.79 Å². The molecule has 1 unspecified atom stereocenters. The first-order valence-electron chi connectivity index (χ1n) is 5.65. The SMILES string of the molecule is COCCNC(=O)C(C)Nc1nc(N)nc(OC)n1. The molecule has 0 aliphatic carbocycles. The average Bonchev–Trinajstić information content (AvgIpc) is 2.38. The van der Waals surface area contributed by atoms with Crippen molar-refractivity contribution in [2.45, 2.75) is 13.0 Å². The molecule has 1 atom stereocenters. The molecule has 0 bridgehead atoms. The van der Waals surface area contributed by atoms with Gasteiger partial charge in [-0.25, -0.2) is 0 Å². The predicted molar refractivity (Wildman–Crippen MR) is 68.8 cm³/mol. The molecule has 0 saturated heterocycles. The summed E-state index contributed by atoms with van der Waals surface area (Å²) < 4.78 is 9.69. The van der Waals surface area contributed by atoms with Crippen molar-refractivity contribution in [3.8, 4) is 6.01 Å². The van der Waals surface area contributed by atoms with Crippen LogP contribution < -0.4 is 21.1 Å². The number of nitrogen functional groups attached to an aromatic ring is 1. The lowest BCUT2D eigenvalue weighted by atomic mass is 10.3. The Morgan fingerprint density at radius 2 is 2.11 bits per heavy atom. The number of hydrogen-bond donors (Lipinski definition) is 3. The van der Waals surface area contributed by atoms with Gasteiger partial charge in [0.1, 0.15) is 6.04 Å². The summed E-state index contributed by atoms with van der Waals surface area (Å²) in [5.74, 6) is -0.00455. The maximum Gasteiger partial charge on any atom is 0.322 e. The van der Waals surface area contributed by atoms with Gasteiger partial charge in [0.2, 0.25) is 17.8 Å². The van der Waals surface area contributed by atoms with Crippen LogP contribution in [-0.4, -0.2) is 54.3 Å². The molecule has 106 valence electrons. The van der Waals surface area contributed by atoms with E-state index < -0.39 is 6.04 Å². The molecule has 0 radical (unpaired) electrons. The standard InChI is InChI=1S/C10H18N6O3/c1-6(7(17)12-4-5-18-2)13-9-14-8(11)15-10(16-9)19-3/h6H,4-5H2,1-3H3,(H,12,17)(H3,11,13,14,15,16). The Morgan fingerprint density at radius 3 is 2.74 bits per heavy atom. The second-order valence-corrected chi connectivity index (χ2v) is 3.65. The molecule has 1 heterocycles. The molecule has 1 aromatic rings. The maximum absolute atomic E-state index is 11.7. The number of hydrogen-bond acceptors (Lipinski definition) is 8. The summed E-state index contributed by atoms with van der Waals surface area (Å²) >= 11 is 0. The van der Waals surface area contributed by atoms with Gasteiger partial charge in [0.05, 0.1) is 13.7 Å². The van der Waals surface area contributed by atoms with E-state index in [2.05, 4.69) is 25.6 Å². The van der Waals surface area contributed by atoms with Gasteiger partial charge in [-0.15, -0.1) is 0 Å². The number of rotatable bonds is 7. The van der Waals surface area contributed by atoms with Gasteiger partial charge in [0, 0.05) is 13.7 Å². The molecule has 19 heavy (non-hydrogen) atoms. The van der Waals surface area contributed by atoms with Crippen LogP contribution >= 0.6 is 0 Å². The first-order chi connectivity index (χ1) is 9.06. The van der Waals surface area contributed by atoms with Gasteiger partial charge in [0.15, 0.2) is 0 Å². The van der Waals surface area contributed by atoms with Crippen LogP contribution in [0.25, 0.3) is 0 Å². The van der Waals surface area contributed by atoms with Gasteiger partial charge < -0.3 is 25.8 Å². The smallest absolute Gasteiger partial charge is 0.322 e. The fourth-order valence-corrected chi connectivity index (χ4v) is 1.22. The molecule has 1 aromatic heterocycles. The zero-order valence-corrected chi connectivity index (χ0v) is 11.1. The number of amides is 1. The fourth-order valence-electron chi connectivity index (χ4n) is 1.22. The topological polar surface area (TPSA) is 124 Å². The molecular formula is C10H18N6O3. The van der Waals surface area contributed by atoms with Gasteiger partial charge >= 0.3 is 6.01 Å². The second-order valence-electron chi connectivity index (χ2n) is 3.65. The lowest BCUT2D eigenvalue weighted by molar-refractivity contribution is -0.121. The molecule has 1 amide bonds. The second kappa shape index (κ2) is 7.31. The van der Waals surface area contributed by atoms with Crippen molar-refractivity contribution < 1.29 is 14.3 Å². The Bertz CT molecular complexity index is 428. The third kappa shape index (κ3) is 4.92. The summed E-state index contributed by atoms with van der Waals surface area (Å²) in [6, 6.07) is -0.439. The van der Waals surface area contributed by atoms with Crippen LogP contribution in [0.3, 0.4) is 0 Å². The van der Waals surface area contributed by atoms with E-state index in [0.717, 1.165) is 0 Å². The minimum Gasteiger partial charge on any atom is -0.467 e. The normalized spacial score (nSPS) is 11.7. The van der Waals surface area contributed by atoms with Crippen molar-refractivity contribution >= 4 is 17.8 Å². The van der Waals surface area contributed by atoms with Gasteiger partial charge in [-0.1, -0.05) is 0 Å². The van der Waals surface area contributed by atoms with Crippen LogP contribution in [0.15, 0.2) is 0 Å². The molecule has 0 spiro atoms. The number of carbonyl (C=O) groups is 1. The third-order valence-corrected chi connectivity index (χ3v) is 2.16. The van der Waals surface area contributed by atoms with Crippen molar-refractivity contribution in [1.29, 1.82) is 0 Å². The Balaban J connectivity index is 2.58. The zero-order chi connectivity index (χ0) is 14.3. The third-order valence-electron chi connectivity index (χ3n) is 2.16. The molecule has 0 saturated carbocycles. The highest BCUT2D eigenvalue weighted by Gasteiger charge is 2.14. The quantitative estimate of drug-likeness (QED) is 0.540. The van der Waals surface area contributed by atoms with E-state index in [0.29, 0.717) is 13.2 Å². The summed E-state index contributed by atoms with van der Waals surface area (Å²) in [5.41, 5.74) is 5.49. The highest BCUT2D eigenvalue weighted by Crippen LogP contribution is 2.09. The minimum absolute atomic E-state index is 0.0151. The van der Waals surface area contributed by atoms with Crippen molar-refractivity contribution in [3.05, 3.63) is 0 Å². The molecule has 4 N–H and O–H groups in total. The van der Waals surface area contributed by atoms with E-state index in [4.69, 9.17) is 15.2 Å². The fraction of sp³-hybridized carbons (Fsp3) is 0.600. The van der Waals surface area contributed by atoms with E-state index in [1.807, 2.05) is 0 Å². The Hall–Kier alpha value is -2.16. The molecule has 1 rings (SSSR count). The van der Waals surface area contributed by atoms with Crippen molar-refractivity contribution in [2.24, 2.45) is 0 Å². The van der Waals surface area contributed by atoms with Gasteiger partial charge in [-0.05, 0) is 6.92 Å². The first kappa shape index (κ1) is 14.9. The molecule has 9 nitrogen and oxygen atoms in total. The lowest BCUT2D eigenvalue weighted by Gasteiger charge is -2.14. The molecular weight excluding hydrogens is 252 g/mol. The predicted octanol–water partition coefficient (Wildman–Crippen LogP) is -0.975. The maximum atomic E-state index is 11.7. The van der Waals surface area contributed by atoms with Crippen LogP contribution in [0.5, 0.6) is 6.01 Å². The lowest BCUT2D eigenvalue weighted by Crippen LogP contribution is -2.39. The largest absolute Gasteiger partial charge is 0.467 e. The van der Waals surface area contributed by atoms with E-state index >= 15 is 0 Å². The van der Waals surface area contributed by atoms with Crippen LogP contribution in [-0.2, 0) is 9.53 Å². The molecule has 0 aliphatic heterocycles. The number of nitrogens with zero attached hydrogens (tertiary/aromatic N) is 3. The number of nitrogens with one attached hydrogen (secondary N) is 2. The number of nitrogens with two attached hydrogens (primary N) is 1. The van der Waals surface area contributed by atoms with Crippen LogP contribution in [0.4, 0.5) is 11.9 Å². The van der Waals surface area contributed by atoms with Gasteiger partial charge in [-0.2, -0.15) is 15.0 Å². The highest BCUT2D eigenvalue weighted by atomic mass is 16.5. The summed E-state index contributed by atoms with van der Waals surface area (Å²) in [5, 5.41) is 5.50. The van der Waals surface area contributed by atoms with Crippen LogP contribution in [0, 0.1) is 0 Å². The number of anilines is 2. The number of carbonyl (C=O) groups excluding carboxylic acids is 1. The van der Waals surface area contributed by atoms with E-state index in [1.54, 1.807) is 14.0 Å². The highest BCUT2D eigenvalue weighted by molar-refractivity contribution is 5.83. The summed E-state index contributed by atoms with van der Waals surface area (Å²) in [7, 11) is 2.98.